The lowest BCUT2D eigenvalue weighted by atomic mass is 10.2. The maximum absolute atomic E-state index is 5.84. The highest BCUT2D eigenvalue weighted by Crippen LogP contribution is 2.41. The molecule has 2 N–H and O–H groups in total. The maximum atomic E-state index is 5.84. The molecule has 82 valence electrons. The quantitative estimate of drug-likeness (QED) is 0.863. The zero-order chi connectivity index (χ0) is 11.1. The highest BCUT2D eigenvalue weighted by molar-refractivity contribution is 6.30. The summed E-state index contributed by atoms with van der Waals surface area (Å²) < 4.78 is 5.78. The van der Waals surface area contributed by atoms with Crippen LogP contribution in [-0.4, -0.2) is 6.04 Å². The van der Waals surface area contributed by atoms with Gasteiger partial charge in [-0.15, -0.1) is 0 Å². The van der Waals surface area contributed by atoms with Crippen molar-refractivity contribution in [2.75, 3.05) is 0 Å². The Balaban J connectivity index is 1.89. The van der Waals surface area contributed by atoms with Crippen LogP contribution >= 0.6 is 11.6 Å². The van der Waals surface area contributed by atoms with E-state index in [0.29, 0.717) is 5.92 Å². The number of benzene rings is 1. The van der Waals surface area contributed by atoms with Crippen molar-refractivity contribution in [2.24, 2.45) is 5.73 Å². The van der Waals surface area contributed by atoms with E-state index in [9.17, 15) is 0 Å². The minimum atomic E-state index is 0.282. The SMILES string of the molecule is N[C@@H]1C[C@H]1c1ccc(-c2ccc(Cl)cc2)o1. The van der Waals surface area contributed by atoms with Crippen LogP contribution in [0, 0.1) is 0 Å². The molecule has 0 bridgehead atoms. The first-order valence-corrected chi connectivity index (χ1v) is 5.73. The molecule has 1 aromatic carbocycles. The third-order valence-corrected chi connectivity index (χ3v) is 3.21. The second-order valence-electron chi connectivity index (χ2n) is 4.21. The normalized spacial score (nSPS) is 23.4. The first kappa shape index (κ1) is 9.94. The Labute approximate surface area is 99.0 Å². The van der Waals surface area contributed by atoms with Gasteiger partial charge in [0.25, 0.3) is 0 Å². The highest BCUT2D eigenvalue weighted by Gasteiger charge is 2.37. The highest BCUT2D eigenvalue weighted by atomic mass is 35.5. The summed E-state index contributed by atoms with van der Waals surface area (Å²) in [4.78, 5) is 0. The number of furan rings is 1. The van der Waals surface area contributed by atoms with Gasteiger partial charge in [-0.05, 0) is 42.8 Å². The Morgan fingerprint density at radius 3 is 2.44 bits per heavy atom. The van der Waals surface area contributed by atoms with Crippen molar-refractivity contribution in [3.05, 3.63) is 47.2 Å². The van der Waals surface area contributed by atoms with E-state index in [0.717, 1.165) is 28.5 Å². The lowest BCUT2D eigenvalue weighted by molar-refractivity contribution is 0.522. The van der Waals surface area contributed by atoms with Gasteiger partial charge >= 0.3 is 0 Å². The van der Waals surface area contributed by atoms with E-state index in [1.807, 2.05) is 36.4 Å². The van der Waals surface area contributed by atoms with Crippen molar-refractivity contribution in [3.63, 3.8) is 0 Å². The van der Waals surface area contributed by atoms with E-state index >= 15 is 0 Å². The molecule has 1 fully saturated rings. The van der Waals surface area contributed by atoms with Crippen LogP contribution in [-0.2, 0) is 0 Å². The minimum absolute atomic E-state index is 0.282. The molecule has 0 spiro atoms. The van der Waals surface area contributed by atoms with Gasteiger partial charge in [-0.1, -0.05) is 11.6 Å². The van der Waals surface area contributed by atoms with Crippen LogP contribution in [0.2, 0.25) is 5.02 Å². The second kappa shape index (κ2) is 3.65. The van der Waals surface area contributed by atoms with E-state index in [4.69, 9.17) is 21.8 Å². The molecule has 0 radical (unpaired) electrons. The summed E-state index contributed by atoms with van der Waals surface area (Å²) in [6, 6.07) is 11.9. The largest absolute Gasteiger partial charge is 0.461 e. The number of hydrogen-bond acceptors (Lipinski definition) is 2. The Hall–Kier alpha value is -1.25. The molecule has 2 atom stereocenters. The molecular formula is C13H12ClNO. The van der Waals surface area contributed by atoms with Crippen molar-refractivity contribution in [1.82, 2.24) is 0 Å². The molecule has 1 saturated carbocycles. The molecule has 2 aromatic rings. The fraction of sp³-hybridized carbons (Fsp3) is 0.231. The average Bonchev–Trinajstić information content (AvgIpc) is 2.82. The summed E-state index contributed by atoms with van der Waals surface area (Å²) >= 11 is 5.84. The molecule has 1 heterocycles. The van der Waals surface area contributed by atoms with Crippen molar-refractivity contribution < 1.29 is 4.42 Å². The summed E-state index contributed by atoms with van der Waals surface area (Å²) in [5.74, 6) is 2.30. The Kier molecular flexibility index (Phi) is 2.27. The molecule has 1 aliphatic carbocycles. The standard InChI is InChI=1S/C13H12ClNO/c14-9-3-1-8(2-4-9)12-5-6-13(16-12)10-7-11(10)15/h1-6,10-11H,7,15H2/t10-,11-/m1/s1. The number of hydrogen-bond donors (Lipinski definition) is 1. The van der Waals surface area contributed by atoms with Crippen molar-refractivity contribution in [3.8, 4) is 11.3 Å². The molecule has 0 aliphatic heterocycles. The Bertz CT molecular complexity index is 503. The van der Waals surface area contributed by atoms with Crippen LogP contribution in [0.3, 0.4) is 0 Å². The zero-order valence-electron chi connectivity index (χ0n) is 8.69. The fourth-order valence-corrected chi connectivity index (χ4v) is 1.99. The van der Waals surface area contributed by atoms with Gasteiger partial charge in [0, 0.05) is 22.5 Å². The van der Waals surface area contributed by atoms with E-state index in [2.05, 4.69) is 0 Å². The van der Waals surface area contributed by atoms with Crippen molar-refractivity contribution in [1.29, 1.82) is 0 Å². The minimum Gasteiger partial charge on any atom is -0.461 e. The van der Waals surface area contributed by atoms with Gasteiger partial charge in [-0.3, -0.25) is 0 Å². The molecule has 1 aliphatic rings. The van der Waals surface area contributed by atoms with Gasteiger partial charge in [-0.2, -0.15) is 0 Å². The Morgan fingerprint density at radius 2 is 1.81 bits per heavy atom. The summed E-state index contributed by atoms with van der Waals surface area (Å²) in [6.07, 6.45) is 1.04. The molecule has 2 nitrogen and oxygen atoms in total. The lowest BCUT2D eigenvalue weighted by Crippen LogP contribution is -2.00. The van der Waals surface area contributed by atoms with Gasteiger partial charge in [-0.25, -0.2) is 0 Å². The first-order chi connectivity index (χ1) is 7.74. The monoisotopic (exact) mass is 233 g/mol. The smallest absolute Gasteiger partial charge is 0.134 e. The number of nitrogens with two attached hydrogens (primary N) is 1. The predicted octanol–water partition coefficient (Wildman–Crippen LogP) is 3.41. The van der Waals surface area contributed by atoms with E-state index in [-0.39, 0.29) is 6.04 Å². The van der Waals surface area contributed by atoms with Crippen LogP contribution in [0.1, 0.15) is 18.1 Å². The molecule has 0 unspecified atom stereocenters. The molecule has 16 heavy (non-hydrogen) atoms. The first-order valence-electron chi connectivity index (χ1n) is 5.35. The van der Waals surface area contributed by atoms with Gasteiger partial charge in [0.1, 0.15) is 11.5 Å². The van der Waals surface area contributed by atoms with Crippen LogP contribution in [0.25, 0.3) is 11.3 Å². The summed E-state index contributed by atoms with van der Waals surface area (Å²) in [5.41, 5.74) is 6.84. The third-order valence-electron chi connectivity index (χ3n) is 2.96. The topological polar surface area (TPSA) is 39.2 Å². The van der Waals surface area contributed by atoms with Crippen molar-refractivity contribution in [2.45, 2.75) is 18.4 Å². The molecule has 0 amide bonds. The Morgan fingerprint density at radius 1 is 1.12 bits per heavy atom. The molecule has 3 heteroatoms. The van der Waals surface area contributed by atoms with Crippen LogP contribution < -0.4 is 5.73 Å². The summed E-state index contributed by atoms with van der Waals surface area (Å²) in [6.45, 7) is 0. The second-order valence-corrected chi connectivity index (χ2v) is 4.65. The van der Waals surface area contributed by atoms with Gasteiger partial charge < -0.3 is 10.2 Å². The van der Waals surface area contributed by atoms with Gasteiger partial charge in [0.05, 0.1) is 0 Å². The van der Waals surface area contributed by atoms with E-state index in [1.165, 1.54) is 0 Å². The van der Waals surface area contributed by atoms with E-state index in [1.54, 1.807) is 0 Å². The zero-order valence-corrected chi connectivity index (χ0v) is 9.45. The maximum Gasteiger partial charge on any atom is 0.134 e. The van der Waals surface area contributed by atoms with E-state index < -0.39 is 0 Å². The molecular weight excluding hydrogens is 222 g/mol. The predicted molar refractivity (Wildman–Crippen MR) is 64.5 cm³/mol. The molecule has 3 rings (SSSR count). The van der Waals surface area contributed by atoms with Gasteiger partial charge in [0.2, 0.25) is 0 Å². The van der Waals surface area contributed by atoms with Crippen LogP contribution in [0.4, 0.5) is 0 Å². The van der Waals surface area contributed by atoms with Gasteiger partial charge in [0.15, 0.2) is 0 Å². The summed E-state index contributed by atoms with van der Waals surface area (Å²) in [5, 5.41) is 0.736. The fourth-order valence-electron chi connectivity index (χ4n) is 1.86. The third kappa shape index (κ3) is 1.75. The average molecular weight is 234 g/mol. The number of halogens is 1. The van der Waals surface area contributed by atoms with Crippen LogP contribution in [0.15, 0.2) is 40.8 Å². The lowest BCUT2D eigenvalue weighted by Gasteiger charge is -1.97. The molecule has 0 saturated heterocycles. The van der Waals surface area contributed by atoms with Crippen molar-refractivity contribution >= 4 is 11.6 Å². The van der Waals surface area contributed by atoms with Crippen LogP contribution in [0.5, 0.6) is 0 Å². The molecule has 1 aromatic heterocycles. The number of rotatable bonds is 2. The summed E-state index contributed by atoms with van der Waals surface area (Å²) in [7, 11) is 0.